The van der Waals surface area contributed by atoms with Gasteiger partial charge in [0.1, 0.15) is 0 Å². The van der Waals surface area contributed by atoms with Gasteiger partial charge in [0, 0.05) is 29.9 Å². The van der Waals surface area contributed by atoms with Crippen LogP contribution < -0.4 is 10.6 Å². The summed E-state index contributed by atoms with van der Waals surface area (Å²) in [4.78, 5) is 16.6. The highest BCUT2D eigenvalue weighted by molar-refractivity contribution is 7.09. The molecule has 6 heteroatoms. The lowest BCUT2D eigenvalue weighted by molar-refractivity contribution is 0.179. The highest BCUT2D eigenvalue weighted by Crippen LogP contribution is 2.23. The SMILES string of the molecule is CC(C)c1nc(CNC(=O)NC2CCCCCC2CO)cs1. The van der Waals surface area contributed by atoms with Crippen LogP contribution in [-0.4, -0.2) is 28.8 Å². The van der Waals surface area contributed by atoms with E-state index >= 15 is 0 Å². The average molecular weight is 325 g/mol. The molecular weight excluding hydrogens is 298 g/mol. The zero-order chi connectivity index (χ0) is 15.9. The number of hydrogen-bond acceptors (Lipinski definition) is 4. The van der Waals surface area contributed by atoms with Gasteiger partial charge in [-0.1, -0.05) is 33.1 Å². The molecule has 1 fully saturated rings. The van der Waals surface area contributed by atoms with Crippen LogP contribution in [0.5, 0.6) is 0 Å². The van der Waals surface area contributed by atoms with Gasteiger partial charge < -0.3 is 15.7 Å². The number of nitrogens with zero attached hydrogens (tertiary/aromatic N) is 1. The molecule has 2 unspecified atom stereocenters. The second kappa shape index (κ2) is 8.48. The molecule has 1 aliphatic rings. The maximum Gasteiger partial charge on any atom is 0.315 e. The fourth-order valence-electron chi connectivity index (χ4n) is 2.85. The first-order chi connectivity index (χ1) is 10.6. The van der Waals surface area contributed by atoms with Crippen molar-refractivity contribution in [2.75, 3.05) is 6.61 Å². The van der Waals surface area contributed by atoms with Gasteiger partial charge in [-0.2, -0.15) is 0 Å². The Hall–Kier alpha value is -1.14. The van der Waals surface area contributed by atoms with Crippen molar-refractivity contribution in [1.82, 2.24) is 15.6 Å². The van der Waals surface area contributed by atoms with Gasteiger partial charge in [-0.05, 0) is 12.8 Å². The van der Waals surface area contributed by atoms with E-state index in [0.29, 0.717) is 12.5 Å². The van der Waals surface area contributed by atoms with E-state index in [2.05, 4.69) is 29.5 Å². The summed E-state index contributed by atoms with van der Waals surface area (Å²) in [6.45, 7) is 4.83. The molecule has 0 saturated heterocycles. The van der Waals surface area contributed by atoms with Gasteiger partial charge in [0.25, 0.3) is 0 Å². The molecule has 1 aliphatic carbocycles. The predicted octanol–water partition coefficient (Wildman–Crippen LogP) is 3.01. The summed E-state index contributed by atoms with van der Waals surface area (Å²) in [6, 6.07) is -0.0846. The summed E-state index contributed by atoms with van der Waals surface area (Å²) >= 11 is 1.64. The molecule has 0 spiro atoms. The van der Waals surface area contributed by atoms with Gasteiger partial charge in [-0.15, -0.1) is 11.3 Å². The number of rotatable bonds is 5. The van der Waals surface area contributed by atoms with Crippen LogP contribution in [0.3, 0.4) is 0 Å². The summed E-state index contributed by atoms with van der Waals surface area (Å²) in [7, 11) is 0. The number of carbonyl (C=O) groups is 1. The minimum Gasteiger partial charge on any atom is -0.396 e. The van der Waals surface area contributed by atoms with Gasteiger partial charge in [0.15, 0.2) is 0 Å². The highest BCUT2D eigenvalue weighted by atomic mass is 32.1. The van der Waals surface area contributed by atoms with Gasteiger partial charge >= 0.3 is 6.03 Å². The fraction of sp³-hybridized carbons (Fsp3) is 0.750. The zero-order valence-corrected chi connectivity index (χ0v) is 14.3. The molecular formula is C16H27N3O2S. The lowest BCUT2D eigenvalue weighted by Gasteiger charge is -2.24. The minimum atomic E-state index is -0.163. The predicted molar refractivity (Wildman–Crippen MR) is 89.0 cm³/mol. The number of thiazole rings is 1. The van der Waals surface area contributed by atoms with Crippen LogP contribution >= 0.6 is 11.3 Å². The van der Waals surface area contributed by atoms with E-state index in [0.717, 1.165) is 36.4 Å². The van der Waals surface area contributed by atoms with Crippen LogP contribution in [0.25, 0.3) is 0 Å². The second-order valence-electron chi connectivity index (χ2n) is 6.35. The van der Waals surface area contributed by atoms with Crippen LogP contribution in [-0.2, 0) is 6.54 Å². The lowest BCUT2D eigenvalue weighted by Crippen LogP contribution is -2.45. The van der Waals surface area contributed by atoms with Gasteiger partial charge in [-0.3, -0.25) is 0 Å². The average Bonchev–Trinajstić information content (AvgIpc) is 2.86. The van der Waals surface area contributed by atoms with Gasteiger partial charge in [0.2, 0.25) is 0 Å². The number of hydrogen-bond donors (Lipinski definition) is 3. The summed E-state index contributed by atoms with van der Waals surface area (Å²) in [6.07, 6.45) is 5.39. The van der Waals surface area contributed by atoms with Crippen LogP contribution in [0.15, 0.2) is 5.38 Å². The second-order valence-corrected chi connectivity index (χ2v) is 7.24. The Morgan fingerprint density at radius 2 is 2.18 bits per heavy atom. The zero-order valence-electron chi connectivity index (χ0n) is 13.5. The topological polar surface area (TPSA) is 74.2 Å². The van der Waals surface area contributed by atoms with Crippen molar-refractivity contribution in [2.24, 2.45) is 5.92 Å². The van der Waals surface area contributed by atoms with Gasteiger partial charge in [-0.25, -0.2) is 9.78 Å². The van der Waals surface area contributed by atoms with E-state index < -0.39 is 0 Å². The summed E-state index contributed by atoms with van der Waals surface area (Å²) in [5.74, 6) is 0.601. The summed E-state index contributed by atoms with van der Waals surface area (Å²) < 4.78 is 0. The molecule has 1 aromatic rings. The third kappa shape index (κ3) is 4.95. The molecule has 3 N–H and O–H groups in total. The van der Waals surface area contributed by atoms with Crippen LogP contribution in [0, 0.1) is 5.92 Å². The van der Waals surface area contributed by atoms with Crippen molar-refractivity contribution in [1.29, 1.82) is 0 Å². The van der Waals surface area contributed by atoms with E-state index in [-0.39, 0.29) is 24.6 Å². The standard InChI is InChI=1S/C16H27N3O2S/c1-11(2)15-18-13(10-22-15)8-17-16(21)19-14-7-5-3-4-6-12(14)9-20/h10-12,14,20H,3-9H2,1-2H3,(H2,17,19,21). The molecule has 2 amide bonds. The first kappa shape index (κ1) is 17.2. The monoisotopic (exact) mass is 325 g/mol. The maximum absolute atomic E-state index is 12.1. The maximum atomic E-state index is 12.1. The van der Waals surface area contributed by atoms with E-state index in [1.54, 1.807) is 11.3 Å². The Morgan fingerprint density at radius 1 is 1.41 bits per heavy atom. The Balaban J connectivity index is 1.81. The van der Waals surface area contributed by atoms with Crippen LogP contribution in [0.1, 0.15) is 62.6 Å². The van der Waals surface area contributed by atoms with Crippen molar-refractivity contribution < 1.29 is 9.90 Å². The quantitative estimate of drug-likeness (QED) is 0.729. The first-order valence-electron chi connectivity index (χ1n) is 8.19. The molecule has 5 nitrogen and oxygen atoms in total. The fourth-order valence-corrected chi connectivity index (χ4v) is 3.69. The lowest BCUT2D eigenvalue weighted by atomic mass is 9.96. The van der Waals surface area contributed by atoms with Crippen molar-refractivity contribution in [3.8, 4) is 0 Å². The molecule has 1 heterocycles. The van der Waals surface area contributed by atoms with Crippen LogP contribution in [0.4, 0.5) is 4.79 Å². The Morgan fingerprint density at radius 3 is 2.86 bits per heavy atom. The van der Waals surface area contributed by atoms with E-state index in [4.69, 9.17) is 0 Å². The number of aromatic nitrogens is 1. The molecule has 1 saturated carbocycles. The van der Waals surface area contributed by atoms with E-state index in [1.807, 2.05) is 5.38 Å². The molecule has 2 rings (SSSR count). The number of urea groups is 1. The highest BCUT2D eigenvalue weighted by Gasteiger charge is 2.24. The molecule has 124 valence electrons. The molecule has 0 aromatic carbocycles. The molecule has 0 aliphatic heterocycles. The molecule has 1 aromatic heterocycles. The Kier molecular flexibility index (Phi) is 6.64. The normalized spacial score (nSPS) is 22.4. The van der Waals surface area contributed by atoms with Crippen molar-refractivity contribution in [3.05, 3.63) is 16.1 Å². The number of aliphatic hydroxyl groups is 1. The number of carbonyl (C=O) groups excluding carboxylic acids is 1. The van der Waals surface area contributed by atoms with E-state index in [1.165, 1.54) is 6.42 Å². The van der Waals surface area contributed by atoms with Crippen LogP contribution in [0.2, 0.25) is 0 Å². The van der Waals surface area contributed by atoms with Crippen molar-refractivity contribution >= 4 is 17.4 Å². The summed E-state index contributed by atoms with van der Waals surface area (Å²) in [5, 5.41) is 18.5. The van der Waals surface area contributed by atoms with Crippen molar-refractivity contribution in [2.45, 2.75) is 64.5 Å². The van der Waals surface area contributed by atoms with Crippen molar-refractivity contribution in [3.63, 3.8) is 0 Å². The number of aliphatic hydroxyl groups excluding tert-OH is 1. The number of amides is 2. The Labute approximate surface area is 136 Å². The summed E-state index contributed by atoms with van der Waals surface area (Å²) in [5.41, 5.74) is 0.906. The first-order valence-corrected chi connectivity index (χ1v) is 9.07. The Bertz CT molecular complexity index is 476. The largest absolute Gasteiger partial charge is 0.396 e. The molecule has 0 bridgehead atoms. The smallest absolute Gasteiger partial charge is 0.315 e. The number of nitrogens with one attached hydrogen (secondary N) is 2. The third-order valence-electron chi connectivity index (χ3n) is 4.20. The molecule has 22 heavy (non-hydrogen) atoms. The molecule has 2 atom stereocenters. The van der Waals surface area contributed by atoms with Gasteiger partial charge in [0.05, 0.1) is 17.2 Å². The minimum absolute atomic E-state index is 0.0779. The van der Waals surface area contributed by atoms with E-state index in [9.17, 15) is 9.90 Å². The molecule has 0 radical (unpaired) electrons. The third-order valence-corrected chi connectivity index (χ3v) is 5.40.